The normalized spacial score (nSPS) is 20.5. The summed E-state index contributed by atoms with van der Waals surface area (Å²) in [6.45, 7) is 3.30. The molecule has 98 valence electrons. The van der Waals surface area contributed by atoms with Crippen LogP contribution < -0.4 is 5.32 Å². The topological polar surface area (TPSA) is 12.0 Å². The second kappa shape index (κ2) is 5.44. The molecule has 1 saturated carbocycles. The smallest absolute Gasteiger partial charge is 0.0322 e. The van der Waals surface area contributed by atoms with Gasteiger partial charge in [0.15, 0.2) is 0 Å². The van der Waals surface area contributed by atoms with Gasteiger partial charge in [-0.1, -0.05) is 44.4 Å². The Morgan fingerprint density at radius 3 is 2.72 bits per heavy atom. The van der Waals surface area contributed by atoms with Gasteiger partial charge in [-0.25, -0.2) is 0 Å². The molecule has 1 heteroatoms. The van der Waals surface area contributed by atoms with E-state index in [1.807, 2.05) is 0 Å². The van der Waals surface area contributed by atoms with Crippen molar-refractivity contribution in [3.63, 3.8) is 0 Å². The fraction of sp³-hybridized carbons (Fsp3) is 0.647. The number of aryl methyl sites for hydroxylation is 2. The standard InChI is InChI=1S/C17H25N/c1-2-18-17(11-13-5-3-6-13)16-10-9-14-7-4-8-15(14)12-16/h9-10,12-13,17-18H,2-8,11H2,1H3. The molecule has 1 aromatic rings. The lowest BCUT2D eigenvalue weighted by Gasteiger charge is -2.30. The third kappa shape index (κ3) is 2.47. The molecule has 0 amide bonds. The molecule has 1 aromatic carbocycles. The molecule has 0 radical (unpaired) electrons. The molecule has 2 aliphatic rings. The third-order valence-electron chi connectivity index (χ3n) is 4.77. The summed E-state index contributed by atoms with van der Waals surface area (Å²) in [5.74, 6) is 0.974. The second-order valence-corrected chi connectivity index (χ2v) is 6.02. The van der Waals surface area contributed by atoms with Gasteiger partial charge >= 0.3 is 0 Å². The number of hydrogen-bond acceptors (Lipinski definition) is 1. The van der Waals surface area contributed by atoms with Gasteiger partial charge < -0.3 is 5.32 Å². The lowest BCUT2D eigenvalue weighted by atomic mass is 9.79. The van der Waals surface area contributed by atoms with E-state index >= 15 is 0 Å². The van der Waals surface area contributed by atoms with Crippen LogP contribution in [0, 0.1) is 5.92 Å². The minimum absolute atomic E-state index is 0.589. The number of rotatable bonds is 5. The summed E-state index contributed by atoms with van der Waals surface area (Å²) in [5.41, 5.74) is 4.74. The van der Waals surface area contributed by atoms with Crippen LogP contribution in [0.4, 0.5) is 0 Å². The van der Waals surface area contributed by atoms with Crippen molar-refractivity contribution in [2.24, 2.45) is 5.92 Å². The Bertz CT molecular complexity index is 406. The first-order valence-electron chi connectivity index (χ1n) is 7.72. The molecule has 0 heterocycles. The van der Waals surface area contributed by atoms with E-state index in [-0.39, 0.29) is 0 Å². The average molecular weight is 243 g/mol. The molecule has 0 spiro atoms. The van der Waals surface area contributed by atoms with Gasteiger partial charge in [0.2, 0.25) is 0 Å². The summed E-state index contributed by atoms with van der Waals surface area (Å²) in [6, 6.07) is 7.82. The zero-order valence-electron chi connectivity index (χ0n) is 11.5. The molecule has 0 aliphatic heterocycles. The van der Waals surface area contributed by atoms with Gasteiger partial charge in [-0.3, -0.25) is 0 Å². The van der Waals surface area contributed by atoms with Gasteiger partial charge in [-0.2, -0.15) is 0 Å². The highest BCUT2D eigenvalue weighted by molar-refractivity contribution is 5.36. The van der Waals surface area contributed by atoms with Gasteiger partial charge in [0, 0.05) is 6.04 Å². The largest absolute Gasteiger partial charge is 0.310 e. The van der Waals surface area contributed by atoms with Crippen molar-refractivity contribution < 1.29 is 0 Å². The zero-order valence-corrected chi connectivity index (χ0v) is 11.5. The van der Waals surface area contributed by atoms with Crippen molar-refractivity contribution in [1.82, 2.24) is 5.32 Å². The monoisotopic (exact) mass is 243 g/mol. The Labute approximate surface area is 111 Å². The Morgan fingerprint density at radius 1 is 1.17 bits per heavy atom. The maximum Gasteiger partial charge on any atom is 0.0322 e. The van der Waals surface area contributed by atoms with Gasteiger partial charge in [-0.15, -0.1) is 0 Å². The first kappa shape index (κ1) is 12.2. The molecule has 1 N–H and O–H groups in total. The fourth-order valence-electron chi connectivity index (χ4n) is 3.45. The Morgan fingerprint density at radius 2 is 2.00 bits per heavy atom. The number of fused-ring (bicyclic) bond motifs is 1. The molecule has 1 fully saturated rings. The predicted octanol–water partition coefficient (Wildman–Crippen LogP) is 4.02. The number of hydrogen-bond donors (Lipinski definition) is 1. The van der Waals surface area contributed by atoms with E-state index in [0.717, 1.165) is 12.5 Å². The molecular weight excluding hydrogens is 218 g/mol. The molecular formula is C17H25N. The van der Waals surface area contributed by atoms with Crippen molar-refractivity contribution in [1.29, 1.82) is 0 Å². The van der Waals surface area contributed by atoms with Crippen molar-refractivity contribution in [3.8, 4) is 0 Å². The van der Waals surface area contributed by atoms with Crippen LogP contribution in [0.5, 0.6) is 0 Å². The Kier molecular flexibility index (Phi) is 3.69. The summed E-state index contributed by atoms with van der Waals surface area (Å²) >= 11 is 0. The maximum atomic E-state index is 3.69. The summed E-state index contributed by atoms with van der Waals surface area (Å²) in [7, 11) is 0. The molecule has 2 aliphatic carbocycles. The van der Waals surface area contributed by atoms with Gasteiger partial charge in [0.25, 0.3) is 0 Å². The maximum absolute atomic E-state index is 3.69. The van der Waals surface area contributed by atoms with Crippen molar-refractivity contribution in [3.05, 3.63) is 34.9 Å². The molecule has 0 aromatic heterocycles. The van der Waals surface area contributed by atoms with Crippen LogP contribution in [0.1, 0.15) is 61.8 Å². The molecule has 3 rings (SSSR count). The SMILES string of the molecule is CCNC(CC1CCC1)c1ccc2c(c1)CCC2. The fourth-order valence-corrected chi connectivity index (χ4v) is 3.45. The van der Waals surface area contributed by atoms with E-state index in [9.17, 15) is 0 Å². The first-order valence-corrected chi connectivity index (χ1v) is 7.72. The lowest BCUT2D eigenvalue weighted by molar-refractivity contribution is 0.262. The quantitative estimate of drug-likeness (QED) is 0.823. The molecule has 1 unspecified atom stereocenters. The lowest BCUT2D eigenvalue weighted by Crippen LogP contribution is -2.26. The highest BCUT2D eigenvalue weighted by Gasteiger charge is 2.23. The minimum Gasteiger partial charge on any atom is -0.310 e. The first-order chi connectivity index (χ1) is 8.86. The second-order valence-electron chi connectivity index (χ2n) is 6.02. The molecule has 1 nitrogen and oxygen atoms in total. The van der Waals surface area contributed by atoms with E-state index in [2.05, 4.69) is 30.4 Å². The van der Waals surface area contributed by atoms with Crippen LogP contribution in [0.15, 0.2) is 18.2 Å². The van der Waals surface area contributed by atoms with E-state index in [4.69, 9.17) is 0 Å². The van der Waals surface area contributed by atoms with Crippen LogP contribution in [0.25, 0.3) is 0 Å². The summed E-state index contributed by atoms with van der Waals surface area (Å²) < 4.78 is 0. The Balaban J connectivity index is 1.75. The van der Waals surface area contributed by atoms with E-state index < -0.39 is 0 Å². The van der Waals surface area contributed by atoms with Crippen molar-refractivity contribution in [2.75, 3.05) is 6.54 Å². The van der Waals surface area contributed by atoms with Crippen LogP contribution in [0.2, 0.25) is 0 Å². The van der Waals surface area contributed by atoms with Gasteiger partial charge in [-0.05, 0) is 54.8 Å². The average Bonchev–Trinajstić information content (AvgIpc) is 2.79. The Hall–Kier alpha value is -0.820. The number of nitrogens with one attached hydrogen (secondary N) is 1. The van der Waals surface area contributed by atoms with E-state index in [1.54, 1.807) is 11.1 Å². The highest BCUT2D eigenvalue weighted by Crippen LogP contribution is 2.35. The van der Waals surface area contributed by atoms with Gasteiger partial charge in [0.1, 0.15) is 0 Å². The van der Waals surface area contributed by atoms with Gasteiger partial charge in [0.05, 0.1) is 0 Å². The molecule has 18 heavy (non-hydrogen) atoms. The van der Waals surface area contributed by atoms with Crippen LogP contribution in [-0.2, 0) is 12.8 Å². The van der Waals surface area contributed by atoms with E-state index in [0.29, 0.717) is 6.04 Å². The highest BCUT2D eigenvalue weighted by atomic mass is 14.9. The van der Waals surface area contributed by atoms with E-state index in [1.165, 1.54) is 50.5 Å². The third-order valence-corrected chi connectivity index (χ3v) is 4.77. The van der Waals surface area contributed by atoms with Crippen molar-refractivity contribution in [2.45, 2.75) is 57.9 Å². The van der Waals surface area contributed by atoms with Crippen LogP contribution in [-0.4, -0.2) is 6.54 Å². The number of benzene rings is 1. The minimum atomic E-state index is 0.589. The molecule has 0 bridgehead atoms. The van der Waals surface area contributed by atoms with Crippen LogP contribution in [0.3, 0.4) is 0 Å². The summed E-state index contributed by atoms with van der Waals surface area (Å²) in [4.78, 5) is 0. The van der Waals surface area contributed by atoms with Crippen molar-refractivity contribution >= 4 is 0 Å². The molecule has 0 saturated heterocycles. The molecule has 1 atom stereocenters. The van der Waals surface area contributed by atoms with Crippen LogP contribution >= 0.6 is 0 Å². The summed E-state index contributed by atoms with van der Waals surface area (Å²) in [5, 5.41) is 3.69. The predicted molar refractivity (Wildman–Crippen MR) is 76.8 cm³/mol. The summed E-state index contributed by atoms with van der Waals surface area (Å²) in [6.07, 6.45) is 9.64. The zero-order chi connectivity index (χ0) is 12.4.